The molecule has 1 fully saturated rings. The van der Waals surface area contributed by atoms with Gasteiger partial charge in [0.2, 0.25) is 0 Å². The van der Waals surface area contributed by atoms with E-state index < -0.39 is 5.60 Å². The summed E-state index contributed by atoms with van der Waals surface area (Å²) in [4.78, 5) is 2.15. The second kappa shape index (κ2) is 4.31. The van der Waals surface area contributed by atoms with Gasteiger partial charge >= 0.3 is 0 Å². The quantitative estimate of drug-likeness (QED) is 0.641. The SMILES string of the molecule is Nc1ccccc1N1CCC(O)(CO)CC1. The molecule has 0 atom stereocenters. The Labute approximate surface area is 95.3 Å². The minimum Gasteiger partial charge on any atom is -0.397 e. The molecule has 4 heteroatoms. The molecule has 0 aromatic heterocycles. The van der Waals surface area contributed by atoms with E-state index in [2.05, 4.69) is 4.90 Å². The first kappa shape index (κ1) is 11.2. The predicted molar refractivity (Wildman–Crippen MR) is 64.3 cm³/mol. The van der Waals surface area contributed by atoms with Gasteiger partial charge in [0.05, 0.1) is 23.6 Å². The van der Waals surface area contributed by atoms with Gasteiger partial charge < -0.3 is 20.8 Å². The molecular formula is C12H18N2O2. The lowest BCUT2D eigenvalue weighted by atomic mass is 9.92. The number of benzene rings is 1. The normalized spacial score (nSPS) is 19.8. The maximum Gasteiger partial charge on any atom is 0.0911 e. The molecule has 4 N–H and O–H groups in total. The molecule has 0 unspecified atom stereocenters. The van der Waals surface area contributed by atoms with Gasteiger partial charge in [-0.15, -0.1) is 0 Å². The zero-order chi connectivity index (χ0) is 11.6. The third kappa shape index (κ3) is 2.13. The Morgan fingerprint density at radius 1 is 1.25 bits per heavy atom. The Balaban J connectivity index is 2.07. The van der Waals surface area contributed by atoms with Crippen LogP contribution in [0.1, 0.15) is 12.8 Å². The topological polar surface area (TPSA) is 69.7 Å². The van der Waals surface area contributed by atoms with Crippen molar-refractivity contribution in [2.75, 3.05) is 30.3 Å². The minimum atomic E-state index is -0.903. The zero-order valence-electron chi connectivity index (χ0n) is 9.26. The number of para-hydroxylation sites is 2. The molecule has 2 rings (SSSR count). The molecule has 1 aromatic carbocycles. The number of rotatable bonds is 2. The minimum absolute atomic E-state index is 0.162. The zero-order valence-corrected chi connectivity index (χ0v) is 9.26. The molecule has 0 saturated carbocycles. The summed E-state index contributed by atoms with van der Waals surface area (Å²) in [5, 5.41) is 19.0. The molecule has 0 bridgehead atoms. The number of hydrogen-bond donors (Lipinski definition) is 3. The first-order chi connectivity index (χ1) is 7.64. The highest BCUT2D eigenvalue weighted by atomic mass is 16.3. The van der Waals surface area contributed by atoms with Crippen LogP contribution < -0.4 is 10.6 Å². The van der Waals surface area contributed by atoms with Gasteiger partial charge in [0.15, 0.2) is 0 Å². The molecule has 1 heterocycles. The van der Waals surface area contributed by atoms with Crippen LogP contribution in [-0.2, 0) is 0 Å². The molecule has 0 aliphatic carbocycles. The summed E-state index contributed by atoms with van der Waals surface area (Å²) in [6.45, 7) is 1.29. The average molecular weight is 222 g/mol. The predicted octanol–water partition coefficient (Wildman–Crippen LogP) is 0.592. The molecule has 88 valence electrons. The Hall–Kier alpha value is -1.26. The molecule has 16 heavy (non-hydrogen) atoms. The largest absolute Gasteiger partial charge is 0.397 e. The van der Waals surface area contributed by atoms with E-state index in [0.29, 0.717) is 12.8 Å². The molecule has 1 saturated heterocycles. The number of anilines is 2. The van der Waals surface area contributed by atoms with Crippen molar-refractivity contribution in [2.24, 2.45) is 0 Å². The molecule has 0 amide bonds. The first-order valence-electron chi connectivity index (χ1n) is 5.57. The second-order valence-electron chi connectivity index (χ2n) is 4.43. The van der Waals surface area contributed by atoms with E-state index in [1.807, 2.05) is 24.3 Å². The highest BCUT2D eigenvalue weighted by Gasteiger charge is 2.31. The maximum absolute atomic E-state index is 9.91. The van der Waals surface area contributed by atoms with Gasteiger partial charge in [0.1, 0.15) is 0 Å². The Morgan fingerprint density at radius 2 is 1.88 bits per heavy atom. The molecule has 1 aromatic rings. The van der Waals surface area contributed by atoms with Crippen molar-refractivity contribution in [3.63, 3.8) is 0 Å². The number of piperidine rings is 1. The van der Waals surface area contributed by atoms with E-state index in [1.54, 1.807) is 0 Å². The van der Waals surface area contributed by atoms with Gasteiger partial charge in [0, 0.05) is 13.1 Å². The number of nitrogens with zero attached hydrogens (tertiary/aromatic N) is 1. The van der Waals surface area contributed by atoms with Gasteiger partial charge in [-0.1, -0.05) is 12.1 Å². The third-order valence-electron chi connectivity index (χ3n) is 3.27. The van der Waals surface area contributed by atoms with E-state index >= 15 is 0 Å². The van der Waals surface area contributed by atoms with E-state index in [1.165, 1.54) is 0 Å². The van der Waals surface area contributed by atoms with Crippen molar-refractivity contribution >= 4 is 11.4 Å². The van der Waals surface area contributed by atoms with Crippen LogP contribution in [0.4, 0.5) is 11.4 Å². The number of nitrogen functional groups attached to an aromatic ring is 1. The lowest BCUT2D eigenvalue weighted by Gasteiger charge is -2.38. The molecule has 4 nitrogen and oxygen atoms in total. The summed E-state index contributed by atoms with van der Waals surface area (Å²) in [5.41, 5.74) is 6.77. The van der Waals surface area contributed by atoms with Crippen molar-refractivity contribution in [1.82, 2.24) is 0 Å². The van der Waals surface area contributed by atoms with Crippen LogP contribution in [0.3, 0.4) is 0 Å². The van der Waals surface area contributed by atoms with Gasteiger partial charge in [-0.05, 0) is 25.0 Å². The van der Waals surface area contributed by atoms with E-state index in [-0.39, 0.29) is 6.61 Å². The Bertz CT molecular complexity index is 360. The number of nitrogens with two attached hydrogens (primary N) is 1. The fourth-order valence-corrected chi connectivity index (χ4v) is 2.10. The molecule has 1 aliphatic rings. The molecule has 0 radical (unpaired) electrons. The highest BCUT2D eigenvalue weighted by Crippen LogP contribution is 2.29. The standard InChI is InChI=1S/C12H18N2O2/c13-10-3-1-2-4-11(10)14-7-5-12(16,9-15)6-8-14/h1-4,15-16H,5-9,13H2. The smallest absolute Gasteiger partial charge is 0.0911 e. The third-order valence-corrected chi connectivity index (χ3v) is 3.27. The van der Waals surface area contributed by atoms with E-state index in [0.717, 1.165) is 24.5 Å². The maximum atomic E-state index is 9.91. The number of hydrogen-bond acceptors (Lipinski definition) is 4. The van der Waals surface area contributed by atoms with Crippen molar-refractivity contribution in [1.29, 1.82) is 0 Å². The van der Waals surface area contributed by atoms with Gasteiger partial charge in [0.25, 0.3) is 0 Å². The lowest BCUT2D eigenvalue weighted by Crippen LogP contribution is -2.46. The molecular weight excluding hydrogens is 204 g/mol. The summed E-state index contributed by atoms with van der Waals surface area (Å²) in [6, 6.07) is 7.73. The van der Waals surface area contributed by atoms with Crippen molar-refractivity contribution in [2.45, 2.75) is 18.4 Å². The van der Waals surface area contributed by atoms with E-state index in [4.69, 9.17) is 10.8 Å². The fourth-order valence-electron chi connectivity index (χ4n) is 2.10. The summed E-state index contributed by atoms with van der Waals surface area (Å²) < 4.78 is 0. The average Bonchev–Trinajstić information content (AvgIpc) is 2.31. The van der Waals surface area contributed by atoms with E-state index in [9.17, 15) is 5.11 Å². The van der Waals surface area contributed by atoms with Crippen molar-refractivity contribution in [3.05, 3.63) is 24.3 Å². The van der Waals surface area contributed by atoms with Crippen LogP contribution in [0.5, 0.6) is 0 Å². The number of aliphatic hydroxyl groups is 2. The summed E-state index contributed by atoms with van der Waals surface area (Å²) in [6.07, 6.45) is 1.16. The lowest BCUT2D eigenvalue weighted by molar-refractivity contribution is -0.0325. The van der Waals surface area contributed by atoms with Crippen LogP contribution in [0.25, 0.3) is 0 Å². The number of aliphatic hydroxyl groups excluding tert-OH is 1. The summed E-state index contributed by atoms with van der Waals surface area (Å²) in [7, 11) is 0. The fraction of sp³-hybridized carbons (Fsp3) is 0.500. The Kier molecular flexibility index (Phi) is 3.03. The van der Waals surface area contributed by atoms with Crippen LogP contribution in [0.15, 0.2) is 24.3 Å². The monoisotopic (exact) mass is 222 g/mol. The van der Waals surface area contributed by atoms with Crippen molar-refractivity contribution < 1.29 is 10.2 Å². The van der Waals surface area contributed by atoms with Crippen molar-refractivity contribution in [3.8, 4) is 0 Å². The highest BCUT2D eigenvalue weighted by molar-refractivity contribution is 5.67. The van der Waals surface area contributed by atoms with Gasteiger partial charge in [-0.3, -0.25) is 0 Å². The van der Waals surface area contributed by atoms with Crippen LogP contribution in [-0.4, -0.2) is 35.5 Å². The van der Waals surface area contributed by atoms with Crippen LogP contribution in [0, 0.1) is 0 Å². The molecule has 1 aliphatic heterocycles. The Morgan fingerprint density at radius 3 is 2.44 bits per heavy atom. The van der Waals surface area contributed by atoms with Crippen LogP contribution in [0.2, 0.25) is 0 Å². The van der Waals surface area contributed by atoms with Gasteiger partial charge in [-0.25, -0.2) is 0 Å². The summed E-state index contributed by atoms with van der Waals surface area (Å²) in [5.74, 6) is 0. The van der Waals surface area contributed by atoms with Gasteiger partial charge in [-0.2, -0.15) is 0 Å². The van der Waals surface area contributed by atoms with Crippen LogP contribution >= 0.6 is 0 Å². The second-order valence-corrected chi connectivity index (χ2v) is 4.43. The first-order valence-corrected chi connectivity index (χ1v) is 5.57. The molecule has 0 spiro atoms. The summed E-state index contributed by atoms with van der Waals surface area (Å²) >= 11 is 0.